The summed E-state index contributed by atoms with van der Waals surface area (Å²) in [5, 5.41) is 10.4. The van der Waals surface area contributed by atoms with Gasteiger partial charge >= 0.3 is 6.03 Å². The first-order valence-electron chi connectivity index (χ1n) is 10.2. The number of nitrogens with zero attached hydrogens (tertiary/aromatic N) is 3. The summed E-state index contributed by atoms with van der Waals surface area (Å²) < 4.78 is 5.69. The number of carbonyl (C=O) groups is 1. The molecular weight excluding hydrogens is 479 g/mol. The quantitative estimate of drug-likeness (QED) is 0.329. The van der Waals surface area contributed by atoms with Crippen LogP contribution in [0, 0.1) is 0 Å². The minimum Gasteiger partial charge on any atom is -0.334 e. The fourth-order valence-electron chi connectivity index (χ4n) is 3.80. The molecule has 0 aliphatic carbocycles. The normalized spacial score (nSPS) is 16.3. The Kier molecular flexibility index (Phi) is 5.93. The first kappa shape index (κ1) is 21.7. The molecule has 33 heavy (non-hydrogen) atoms. The maximum absolute atomic E-state index is 13.2. The molecule has 1 N–H and O–H groups in total. The summed E-state index contributed by atoms with van der Waals surface area (Å²) in [7, 11) is 0. The maximum atomic E-state index is 13.2. The van der Waals surface area contributed by atoms with Gasteiger partial charge in [0.05, 0.1) is 23.0 Å². The monoisotopic (exact) mass is 496 g/mol. The Hall–Kier alpha value is -3.13. The number of amides is 2. The Morgan fingerprint density at radius 2 is 1.91 bits per heavy atom. The number of nitrogens with one attached hydrogen (secondary N) is 1. The van der Waals surface area contributed by atoms with E-state index in [1.165, 1.54) is 11.3 Å². The Labute approximate surface area is 204 Å². The topological polar surface area (TPSA) is 71.3 Å². The molecule has 6 nitrogen and oxygen atoms in total. The number of hydrogen-bond acceptors (Lipinski definition) is 5. The van der Waals surface area contributed by atoms with Gasteiger partial charge in [0.1, 0.15) is 0 Å². The summed E-state index contributed by atoms with van der Waals surface area (Å²) in [5.74, 6) is 0.855. The Morgan fingerprint density at radius 3 is 2.64 bits per heavy atom. The molecule has 1 aliphatic heterocycles. The van der Waals surface area contributed by atoms with Crippen LogP contribution < -0.4 is 5.32 Å². The highest BCUT2D eigenvalue weighted by Crippen LogP contribution is 2.38. The molecule has 1 aliphatic rings. The highest BCUT2D eigenvalue weighted by molar-refractivity contribution is 7.13. The van der Waals surface area contributed by atoms with Crippen molar-refractivity contribution in [2.24, 2.45) is 0 Å². The molecule has 1 atom stereocenters. The number of rotatable bonds is 5. The van der Waals surface area contributed by atoms with Gasteiger partial charge < -0.3 is 9.84 Å². The fraction of sp³-hybridized carbons (Fsp3) is 0.125. The smallest absolute Gasteiger partial charge is 0.322 e. The van der Waals surface area contributed by atoms with Crippen molar-refractivity contribution in [3.8, 4) is 10.7 Å². The number of allylic oxidation sites excluding steroid dienone is 1. The van der Waals surface area contributed by atoms with E-state index in [0.29, 0.717) is 28.3 Å². The number of halogens is 2. The lowest BCUT2D eigenvalue weighted by molar-refractivity contribution is 0.203. The van der Waals surface area contributed by atoms with Crippen LogP contribution in [0.1, 0.15) is 30.0 Å². The summed E-state index contributed by atoms with van der Waals surface area (Å²) in [5.41, 5.74) is 3.22. The largest absolute Gasteiger partial charge is 0.334 e. The van der Waals surface area contributed by atoms with E-state index in [4.69, 9.17) is 27.7 Å². The molecule has 2 aromatic carbocycles. The highest BCUT2D eigenvalue weighted by atomic mass is 35.5. The van der Waals surface area contributed by atoms with Crippen LogP contribution in [0.2, 0.25) is 10.0 Å². The van der Waals surface area contributed by atoms with E-state index in [1.807, 2.05) is 54.8 Å². The summed E-state index contributed by atoms with van der Waals surface area (Å²) in [4.78, 5) is 20.4. The molecule has 3 heterocycles. The molecule has 5 rings (SSSR count). The molecule has 1 unspecified atom stereocenters. The average molecular weight is 497 g/mol. The maximum Gasteiger partial charge on any atom is 0.322 e. The number of urea groups is 1. The van der Waals surface area contributed by atoms with Gasteiger partial charge in [-0.3, -0.25) is 4.90 Å². The molecular formula is C24H18Cl2N4O2S. The van der Waals surface area contributed by atoms with Gasteiger partial charge in [-0.25, -0.2) is 4.79 Å². The molecule has 2 aromatic heterocycles. The third-order valence-electron chi connectivity index (χ3n) is 5.43. The van der Waals surface area contributed by atoms with Crippen LogP contribution in [0.15, 0.2) is 76.3 Å². The average Bonchev–Trinajstić information content (AvgIpc) is 3.50. The molecule has 166 valence electrons. The van der Waals surface area contributed by atoms with Crippen LogP contribution in [-0.2, 0) is 6.54 Å². The van der Waals surface area contributed by atoms with Gasteiger partial charge in [-0.15, -0.1) is 11.3 Å². The van der Waals surface area contributed by atoms with Crippen molar-refractivity contribution in [2.75, 3.05) is 0 Å². The van der Waals surface area contributed by atoms with Crippen LogP contribution in [0.5, 0.6) is 0 Å². The minimum atomic E-state index is -0.491. The lowest BCUT2D eigenvalue weighted by Gasteiger charge is -2.35. The van der Waals surface area contributed by atoms with E-state index in [9.17, 15) is 4.79 Å². The van der Waals surface area contributed by atoms with Crippen LogP contribution >= 0.6 is 34.5 Å². The van der Waals surface area contributed by atoms with Gasteiger partial charge in [0.2, 0.25) is 5.82 Å². The molecule has 2 amide bonds. The molecule has 0 saturated carbocycles. The zero-order valence-corrected chi connectivity index (χ0v) is 19.8. The van der Waals surface area contributed by atoms with E-state index in [0.717, 1.165) is 27.3 Å². The number of hydrogen-bond donors (Lipinski definition) is 1. The standard InChI is InChI=1S/C24H18Cl2N4O2S/c1-14-20(23-28-22(29-32-23)19-6-3-11-33-19)21(16-4-2-5-18(26)12-16)27-24(31)30(14)13-15-7-9-17(25)10-8-15/h2-12,21H,13H2,1H3,(H,27,31). The minimum absolute atomic E-state index is 0.228. The first-order chi connectivity index (χ1) is 16.0. The molecule has 9 heteroatoms. The van der Waals surface area contributed by atoms with Crippen molar-refractivity contribution in [1.82, 2.24) is 20.4 Å². The first-order valence-corrected chi connectivity index (χ1v) is 11.8. The lowest BCUT2D eigenvalue weighted by atomic mass is 9.94. The van der Waals surface area contributed by atoms with Crippen molar-refractivity contribution in [2.45, 2.75) is 19.5 Å². The Balaban J connectivity index is 1.60. The zero-order chi connectivity index (χ0) is 22.9. The van der Waals surface area contributed by atoms with Crippen molar-refractivity contribution >= 4 is 46.1 Å². The molecule has 0 bridgehead atoms. The molecule has 0 saturated heterocycles. The summed E-state index contributed by atoms with van der Waals surface area (Å²) >= 11 is 13.8. The molecule has 4 aromatic rings. The lowest BCUT2D eigenvalue weighted by Crippen LogP contribution is -2.45. The summed E-state index contributed by atoms with van der Waals surface area (Å²) in [6.45, 7) is 2.25. The van der Waals surface area contributed by atoms with E-state index >= 15 is 0 Å². The summed E-state index contributed by atoms with van der Waals surface area (Å²) in [6, 6.07) is 17.9. The van der Waals surface area contributed by atoms with Gasteiger partial charge in [-0.2, -0.15) is 4.98 Å². The number of aromatic nitrogens is 2. The van der Waals surface area contributed by atoms with Crippen molar-refractivity contribution in [3.05, 3.63) is 98.8 Å². The van der Waals surface area contributed by atoms with Gasteiger partial charge in [-0.1, -0.05) is 58.7 Å². The molecule has 0 radical (unpaired) electrons. The number of carbonyl (C=O) groups excluding carboxylic acids is 1. The van der Waals surface area contributed by atoms with E-state index < -0.39 is 6.04 Å². The Bertz CT molecular complexity index is 1330. The predicted octanol–water partition coefficient (Wildman–Crippen LogP) is 6.80. The van der Waals surface area contributed by atoms with Crippen LogP contribution in [0.3, 0.4) is 0 Å². The van der Waals surface area contributed by atoms with Crippen LogP contribution in [0.25, 0.3) is 16.3 Å². The Morgan fingerprint density at radius 1 is 1.09 bits per heavy atom. The predicted molar refractivity (Wildman–Crippen MR) is 130 cm³/mol. The zero-order valence-electron chi connectivity index (χ0n) is 17.5. The second-order valence-corrected chi connectivity index (χ2v) is 9.37. The van der Waals surface area contributed by atoms with Crippen LogP contribution in [-0.4, -0.2) is 21.1 Å². The van der Waals surface area contributed by atoms with Crippen LogP contribution in [0.4, 0.5) is 4.79 Å². The fourth-order valence-corrected chi connectivity index (χ4v) is 4.77. The number of thiophene rings is 1. The number of benzene rings is 2. The highest BCUT2D eigenvalue weighted by Gasteiger charge is 2.36. The van der Waals surface area contributed by atoms with Gasteiger partial charge in [0.15, 0.2) is 0 Å². The van der Waals surface area contributed by atoms with Gasteiger partial charge in [0.25, 0.3) is 5.89 Å². The van der Waals surface area contributed by atoms with Crippen molar-refractivity contribution in [1.29, 1.82) is 0 Å². The molecule has 0 fully saturated rings. The third-order valence-corrected chi connectivity index (χ3v) is 6.78. The van der Waals surface area contributed by atoms with Crippen molar-refractivity contribution < 1.29 is 9.32 Å². The molecule has 0 spiro atoms. The third kappa shape index (κ3) is 4.39. The van der Waals surface area contributed by atoms with Crippen molar-refractivity contribution in [3.63, 3.8) is 0 Å². The van der Waals surface area contributed by atoms with E-state index in [1.54, 1.807) is 23.1 Å². The van der Waals surface area contributed by atoms with E-state index in [-0.39, 0.29) is 6.03 Å². The van der Waals surface area contributed by atoms with E-state index in [2.05, 4.69) is 15.5 Å². The second kappa shape index (κ2) is 9.02. The van der Waals surface area contributed by atoms with Gasteiger partial charge in [-0.05, 0) is 53.8 Å². The van der Waals surface area contributed by atoms with Gasteiger partial charge in [0, 0.05) is 15.7 Å². The second-order valence-electron chi connectivity index (χ2n) is 7.55. The summed E-state index contributed by atoms with van der Waals surface area (Å²) in [6.07, 6.45) is 0. The SMILES string of the molecule is CC1=C(c2nc(-c3cccs3)no2)C(c2cccc(Cl)c2)NC(=O)N1Cc1ccc(Cl)cc1.